The van der Waals surface area contributed by atoms with Crippen molar-refractivity contribution < 1.29 is 13.9 Å². The fourth-order valence-electron chi connectivity index (χ4n) is 1.66. The van der Waals surface area contributed by atoms with Gasteiger partial charge in [0.1, 0.15) is 17.2 Å². The van der Waals surface area contributed by atoms with Gasteiger partial charge >= 0.3 is 0 Å². The molecule has 1 heterocycles. The van der Waals surface area contributed by atoms with Gasteiger partial charge in [0.2, 0.25) is 0 Å². The first kappa shape index (κ1) is 12.1. The van der Waals surface area contributed by atoms with E-state index in [1.807, 2.05) is 13.0 Å². The third-order valence-electron chi connectivity index (χ3n) is 2.63. The molecule has 1 unspecified atom stereocenters. The molecule has 0 saturated carbocycles. The maximum atomic E-state index is 13.0. The molecule has 2 rings (SSSR count). The smallest absolute Gasteiger partial charge is 0.134 e. The maximum absolute atomic E-state index is 13.0. The van der Waals surface area contributed by atoms with Gasteiger partial charge in [0, 0.05) is 18.5 Å². The summed E-state index contributed by atoms with van der Waals surface area (Å²) in [5.74, 6) is 0.735. The highest BCUT2D eigenvalue weighted by Gasteiger charge is 2.05. The second-order valence-corrected chi connectivity index (χ2v) is 4.31. The Morgan fingerprint density at radius 1 is 1.41 bits per heavy atom. The number of aliphatic hydroxyl groups is 1. The molecule has 2 N–H and O–H groups in total. The van der Waals surface area contributed by atoms with Crippen molar-refractivity contribution in [2.45, 2.75) is 13.5 Å². The molecule has 0 amide bonds. The quantitative estimate of drug-likeness (QED) is 0.838. The molecule has 0 aliphatic heterocycles. The van der Waals surface area contributed by atoms with Gasteiger partial charge in [-0.15, -0.1) is 0 Å². The normalized spacial score (nSPS) is 13.1. The summed E-state index contributed by atoms with van der Waals surface area (Å²) in [5, 5.41) is 12.8. The van der Waals surface area contributed by atoms with E-state index in [0.29, 0.717) is 12.1 Å². The van der Waals surface area contributed by atoms with Gasteiger partial charge < -0.3 is 14.8 Å². The molecule has 92 valence electrons. The SMILES string of the molecule is CC(CO)CNCc1cc2cc(F)ccc2o1. The molecule has 4 heteroatoms. The minimum Gasteiger partial charge on any atom is -0.460 e. The van der Waals surface area contributed by atoms with Crippen LogP contribution in [0.4, 0.5) is 4.39 Å². The Bertz CT molecular complexity index is 495. The van der Waals surface area contributed by atoms with Gasteiger partial charge in [-0.25, -0.2) is 4.39 Å². The van der Waals surface area contributed by atoms with E-state index in [1.165, 1.54) is 12.1 Å². The number of hydrogen-bond acceptors (Lipinski definition) is 3. The number of aliphatic hydroxyl groups excluding tert-OH is 1. The van der Waals surface area contributed by atoms with Crippen LogP contribution in [0.2, 0.25) is 0 Å². The molecule has 0 radical (unpaired) electrons. The van der Waals surface area contributed by atoms with Crippen LogP contribution in [-0.4, -0.2) is 18.3 Å². The van der Waals surface area contributed by atoms with Crippen molar-refractivity contribution in [3.63, 3.8) is 0 Å². The molecular weight excluding hydrogens is 221 g/mol. The van der Waals surface area contributed by atoms with E-state index in [0.717, 1.165) is 17.7 Å². The van der Waals surface area contributed by atoms with Crippen molar-refractivity contribution in [3.8, 4) is 0 Å². The van der Waals surface area contributed by atoms with Gasteiger partial charge in [0.15, 0.2) is 0 Å². The zero-order chi connectivity index (χ0) is 12.3. The average molecular weight is 237 g/mol. The second kappa shape index (κ2) is 5.29. The maximum Gasteiger partial charge on any atom is 0.134 e. The van der Waals surface area contributed by atoms with Crippen LogP contribution in [0, 0.1) is 11.7 Å². The average Bonchev–Trinajstić information content (AvgIpc) is 2.70. The predicted octanol–water partition coefficient (Wildman–Crippen LogP) is 2.29. The number of benzene rings is 1. The lowest BCUT2D eigenvalue weighted by Gasteiger charge is -2.07. The molecule has 0 aliphatic carbocycles. The summed E-state index contributed by atoms with van der Waals surface area (Å²) in [7, 11) is 0. The first-order chi connectivity index (χ1) is 8.19. The summed E-state index contributed by atoms with van der Waals surface area (Å²) < 4.78 is 18.5. The minimum atomic E-state index is -0.258. The van der Waals surface area contributed by atoms with Crippen molar-refractivity contribution in [1.29, 1.82) is 0 Å². The molecule has 0 saturated heterocycles. The minimum absolute atomic E-state index is 0.165. The van der Waals surface area contributed by atoms with Crippen molar-refractivity contribution in [2.75, 3.05) is 13.2 Å². The fourth-order valence-corrected chi connectivity index (χ4v) is 1.66. The monoisotopic (exact) mass is 237 g/mol. The molecule has 1 aromatic heterocycles. The van der Waals surface area contributed by atoms with Crippen LogP contribution in [0.15, 0.2) is 28.7 Å². The van der Waals surface area contributed by atoms with Gasteiger partial charge in [0.25, 0.3) is 0 Å². The Kier molecular flexibility index (Phi) is 3.76. The zero-order valence-corrected chi connectivity index (χ0v) is 9.74. The van der Waals surface area contributed by atoms with Crippen LogP contribution in [0.25, 0.3) is 11.0 Å². The number of nitrogens with one attached hydrogen (secondary N) is 1. The Morgan fingerprint density at radius 3 is 3.00 bits per heavy atom. The summed E-state index contributed by atoms with van der Waals surface area (Å²) >= 11 is 0. The fraction of sp³-hybridized carbons (Fsp3) is 0.385. The number of hydrogen-bond donors (Lipinski definition) is 2. The van der Waals surface area contributed by atoms with Crippen LogP contribution >= 0.6 is 0 Å². The summed E-state index contributed by atoms with van der Waals surface area (Å²) in [6.45, 7) is 3.43. The van der Waals surface area contributed by atoms with Gasteiger partial charge in [-0.1, -0.05) is 6.92 Å². The Morgan fingerprint density at radius 2 is 2.24 bits per heavy atom. The summed E-state index contributed by atoms with van der Waals surface area (Å²) in [5.41, 5.74) is 0.693. The van der Waals surface area contributed by atoms with E-state index in [-0.39, 0.29) is 18.3 Å². The van der Waals surface area contributed by atoms with Gasteiger partial charge in [-0.2, -0.15) is 0 Å². The lowest BCUT2D eigenvalue weighted by molar-refractivity contribution is 0.233. The molecule has 3 nitrogen and oxygen atoms in total. The summed E-state index contributed by atoms with van der Waals surface area (Å²) in [6.07, 6.45) is 0. The van der Waals surface area contributed by atoms with E-state index in [1.54, 1.807) is 6.07 Å². The van der Waals surface area contributed by atoms with Crippen LogP contribution in [0.3, 0.4) is 0 Å². The van der Waals surface area contributed by atoms with Crippen LogP contribution < -0.4 is 5.32 Å². The number of rotatable bonds is 5. The Hall–Kier alpha value is -1.39. The number of fused-ring (bicyclic) bond motifs is 1. The van der Waals surface area contributed by atoms with Gasteiger partial charge in [0.05, 0.1) is 6.54 Å². The zero-order valence-electron chi connectivity index (χ0n) is 9.74. The van der Waals surface area contributed by atoms with Crippen LogP contribution in [-0.2, 0) is 6.54 Å². The highest BCUT2D eigenvalue weighted by molar-refractivity contribution is 5.77. The molecule has 1 aromatic carbocycles. The van der Waals surface area contributed by atoms with Gasteiger partial charge in [-0.05, 0) is 30.2 Å². The molecule has 1 atom stereocenters. The van der Waals surface area contributed by atoms with E-state index >= 15 is 0 Å². The molecule has 0 spiro atoms. The van der Waals surface area contributed by atoms with Crippen molar-refractivity contribution in [3.05, 3.63) is 35.8 Å². The van der Waals surface area contributed by atoms with Crippen LogP contribution in [0.5, 0.6) is 0 Å². The van der Waals surface area contributed by atoms with Crippen molar-refractivity contribution >= 4 is 11.0 Å². The largest absolute Gasteiger partial charge is 0.460 e. The summed E-state index contributed by atoms with van der Waals surface area (Å²) in [6, 6.07) is 6.30. The molecule has 0 fully saturated rings. The third-order valence-corrected chi connectivity index (χ3v) is 2.63. The topological polar surface area (TPSA) is 45.4 Å². The lowest BCUT2D eigenvalue weighted by atomic mass is 10.2. The molecule has 2 aromatic rings. The van der Waals surface area contributed by atoms with Crippen LogP contribution in [0.1, 0.15) is 12.7 Å². The summed E-state index contributed by atoms with van der Waals surface area (Å²) in [4.78, 5) is 0. The molecule has 0 bridgehead atoms. The Balaban J connectivity index is 1.99. The van der Waals surface area contributed by atoms with Gasteiger partial charge in [-0.3, -0.25) is 0 Å². The third kappa shape index (κ3) is 3.05. The second-order valence-electron chi connectivity index (χ2n) is 4.31. The van der Waals surface area contributed by atoms with E-state index in [2.05, 4.69) is 5.32 Å². The van der Waals surface area contributed by atoms with E-state index in [9.17, 15) is 4.39 Å². The first-order valence-corrected chi connectivity index (χ1v) is 5.68. The lowest BCUT2D eigenvalue weighted by Crippen LogP contribution is -2.22. The number of furan rings is 1. The van der Waals surface area contributed by atoms with E-state index in [4.69, 9.17) is 9.52 Å². The van der Waals surface area contributed by atoms with Crippen molar-refractivity contribution in [1.82, 2.24) is 5.32 Å². The highest BCUT2D eigenvalue weighted by Crippen LogP contribution is 2.20. The van der Waals surface area contributed by atoms with Crippen molar-refractivity contribution in [2.24, 2.45) is 5.92 Å². The molecule has 17 heavy (non-hydrogen) atoms. The highest BCUT2D eigenvalue weighted by atomic mass is 19.1. The standard InChI is InChI=1S/C13H16FNO2/c1-9(8-16)6-15-7-12-5-10-4-11(14)2-3-13(10)17-12/h2-5,9,15-16H,6-8H2,1H3. The van der Waals surface area contributed by atoms with E-state index < -0.39 is 0 Å². The number of halogens is 1. The predicted molar refractivity (Wildman–Crippen MR) is 64.1 cm³/mol. The molecule has 0 aliphatic rings. The molecular formula is C13H16FNO2. The Labute approximate surface area is 99.2 Å². The first-order valence-electron chi connectivity index (χ1n) is 5.68.